The van der Waals surface area contributed by atoms with Crippen LogP contribution in [-0.2, 0) is 5.41 Å². The van der Waals surface area contributed by atoms with E-state index in [4.69, 9.17) is 4.52 Å². The first-order chi connectivity index (χ1) is 10.6. The van der Waals surface area contributed by atoms with Crippen LogP contribution in [0.25, 0.3) is 0 Å². The lowest BCUT2D eigenvalue weighted by molar-refractivity contribution is 0.0906. The molecule has 116 valence electrons. The van der Waals surface area contributed by atoms with Crippen LogP contribution in [0.2, 0.25) is 0 Å². The Kier molecular flexibility index (Phi) is 3.96. The number of nitrogens with zero attached hydrogens (tertiary/aromatic N) is 1. The number of halogens is 1. The summed E-state index contributed by atoms with van der Waals surface area (Å²) in [5.74, 6) is -0.267. The smallest absolute Gasteiger partial charge is 0.289 e. The summed E-state index contributed by atoms with van der Waals surface area (Å²) in [6, 6.07) is 8.24. The van der Waals surface area contributed by atoms with Crippen molar-refractivity contribution in [2.24, 2.45) is 0 Å². The predicted octanol–water partition coefficient (Wildman–Crippen LogP) is 3.36. The van der Waals surface area contributed by atoms with E-state index in [9.17, 15) is 9.18 Å². The van der Waals surface area contributed by atoms with Crippen molar-refractivity contribution in [1.29, 1.82) is 0 Å². The molecule has 0 radical (unpaired) electrons. The zero-order valence-electron chi connectivity index (χ0n) is 12.6. The molecular formula is C17H19FN2O2. The fourth-order valence-electron chi connectivity index (χ4n) is 3.23. The first-order valence-electron chi connectivity index (χ1n) is 7.57. The zero-order chi connectivity index (χ0) is 15.6. The van der Waals surface area contributed by atoms with Gasteiger partial charge in [-0.05, 0) is 37.5 Å². The van der Waals surface area contributed by atoms with Crippen molar-refractivity contribution in [3.63, 3.8) is 0 Å². The number of aromatic nitrogens is 1. The molecule has 2 aromatic rings. The molecule has 0 atom stereocenters. The Bertz CT molecular complexity index is 658. The van der Waals surface area contributed by atoms with E-state index in [1.807, 2.05) is 12.1 Å². The van der Waals surface area contributed by atoms with Crippen LogP contribution < -0.4 is 5.32 Å². The molecular weight excluding hydrogens is 283 g/mol. The highest BCUT2D eigenvalue weighted by molar-refractivity contribution is 5.91. The molecule has 0 aliphatic heterocycles. The highest BCUT2D eigenvalue weighted by Crippen LogP contribution is 2.40. The summed E-state index contributed by atoms with van der Waals surface area (Å²) in [6.07, 6.45) is 4.23. The summed E-state index contributed by atoms with van der Waals surface area (Å²) in [5, 5.41) is 6.67. The van der Waals surface area contributed by atoms with Gasteiger partial charge in [0.05, 0.1) is 5.69 Å². The van der Waals surface area contributed by atoms with E-state index in [2.05, 4.69) is 10.5 Å². The SMILES string of the molecule is Cc1cc(C(=O)NCC2(c3ccc(F)cc3)CCCC2)on1. The number of carbonyl (C=O) groups excluding carboxylic acids is 1. The third kappa shape index (κ3) is 2.89. The maximum Gasteiger partial charge on any atom is 0.289 e. The summed E-state index contributed by atoms with van der Waals surface area (Å²) >= 11 is 0. The molecule has 1 heterocycles. The van der Waals surface area contributed by atoms with Crippen molar-refractivity contribution in [1.82, 2.24) is 10.5 Å². The fourth-order valence-corrected chi connectivity index (χ4v) is 3.23. The van der Waals surface area contributed by atoms with Gasteiger partial charge in [-0.15, -0.1) is 0 Å². The second-order valence-electron chi connectivity index (χ2n) is 6.01. The van der Waals surface area contributed by atoms with E-state index in [1.54, 1.807) is 13.0 Å². The molecule has 1 amide bonds. The van der Waals surface area contributed by atoms with E-state index in [0.29, 0.717) is 12.2 Å². The lowest BCUT2D eigenvalue weighted by Gasteiger charge is -2.29. The van der Waals surface area contributed by atoms with Crippen LogP contribution in [0, 0.1) is 12.7 Å². The number of carbonyl (C=O) groups is 1. The molecule has 1 saturated carbocycles. The second kappa shape index (κ2) is 5.91. The molecule has 1 aliphatic rings. The third-order valence-corrected chi connectivity index (χ3v) is 4.46. The minimum Gasteiger partial charge on any atom is -0.351 e. The minimum absolute atomic E-state index is 0.113. The molecule has 5 heteroatoms. The van der Waals surface area contributed by atoms with E-state index in [-0.39, 0.29) is 22.9 Å². The number of amides is 1. The van der Waals surface area contributed by atoms with Gasteiger partial charge in [-0.25, -0.2) is 4.39 Å². The largest absolute Gasteiger partial charge is 0.351 e. The summed E-state index contributed by atoms with van der Waals surface area (Å²) < 4.78 is 18.1. The molecule has 1 aromatic heterocycles. The number of benzene rings is 1. The van der Waals surface area contributed by atoms with E-state index in [1.165, 1.54) is 12.1 Å². The number of rotatable bonds is 4. The van der Waals surface area contributed by atoms with Crippen LogP contribution in [0.3, 0.4) is 0 Å². The average molecular weight is 302 g/mol. The van der Waals surface area contributed by atoms with Crippen molar-refractivity contribution >= 4 is 5.91 Å². The van der Waals surface area contributed by atoms with Gasteiger partial charge in [0.25, 0.3) is 5.91 Å². The molecule has 0 spiro atoms. The Morgan fingerprint density at radius 1 is 1.32 bits per heavy atom. The van der Waals surface area contributed by atoms with E-state index < -0.39 is 0 Å². The number of nitrogens with one attached hydrogen (secondary N) is 1. The quantitative estimate of drug-likeness (QED) is 0.942. The molecule has 3 rings (SSSR count). The van der Waals surface area contributed by atoms with Crippen molar-refractivity contribution in [2.75, 3.05) is 6.54 Å². The van der Waals surface area contributed by atoms with Crippen molar-refractivity contribution in [2.45, 2.75) is 38.0 Å². The van der Waals surface area contributed by atoms with Gasteiger partial charge in [0, 0.05) is 18.0 Å². The van der Waals surface area contributed by atoms with Crippen molar-refractivity contribution in [3.8, 4) is 0 Å². The standard InChI is InChI=1S/C17H19FN2O2/c1-12-10-15(22-20-12)16(21)19-11-17(8-2-3-9-17)13-4-6-14(18)7-5-13/h4-7,10H,2-3,8-9,11H2,1H3,(H,19,21). The lowest BCUT2D eigenvalue weighted by atomic mass is 9.79. The van der Waals surface area contributed by atoms with Gasteiger partial charge in [0.1, 0.15) is 5.82 Å². The van der Waals surface area contributed by atoms with Crippen LogP contribution in [0.5, 0.6) is 0 Å². The molecule has 4 nitrogen and oxygen atoms in total. The Hall–Kier alpha value is -2.17. The first-order valence-corrected chi connectivity index (χ1v) is 7.57. The molecule has 0 bridgehead atoms. The molecule has 1 aliphatic carbocycles. The zero-order valence-corrected chi connectivity index (χ0v) is 12.6. The van der Waals surface area contributed by atoms with Gasteiger partial charge in [0.2, 0.25) is 5.76 Å². The Labute approximate surface area is 128 Å². The average Bonchev–Trinajstić information content (AvgIpc) is 3.15. The Balaban J connectivity index is 1.74. The fraction of sp³-hybridized carbons (Fsp3) is 0.412. The Morgan fingerprint density at radius 2 is 2.00 bits per heavy atom. The van der Waals surface area contributed by atoms with Gasteiger partial charge in [0.15, 0.2) is 0 Å². The molecule has 1 aromatic carbocycles. The van der Waals surface area contributed by atoms with Crippen molar-refractivity contribution < 1.29 is 13.7 Å². The Morgan fingerprint density at radius 3 is 2.59 bits per heavy atom. The number of hydrogen-bond acceptors (Lipinski definition) is 3. The van der Waals surface area contributed by atoms with Crippen LogP contribution in [-0.4, -0.2) is 17.6 Å². The topological polar surface area (TPSA) is 55.1 Å². The van der Waals surface area contributed by atoms with Gasteiger partial charge in [-0.2, -0.15) is 0 Å². The number of aryl methyl sites for hydroxylation is 1. The highest BCUT2D eigenvalue weighted by Gasteiger charge is 2.36. The van der Waals surface area contributed by atoms with E-state index >= 15 is 0 Å². The molecule has 0 unspecified atom stereocenters. The lowest BCUT2D eigenvalue weighted by Crippen LogP contribution is -2.39. The first kappa shape index (κ1) is 14.8. The monoisotopic (exact) mass is 302 g/mol. The maximum absolute atomic E-state index is 13.1. The van der Waals surface area contributed by atoms with Crippen LogP contribution in [0.4, 0.5) is 4.39 Å². The summed E-state index contributed by atoms with van der Waals surface area (Å²) in [4.78, 5) is 12.1. The molecule has 0 saturated heterocycles. The normalized spacial score (nSPS) is 16.6. The number of hydrogen-bond donors (Lipinski definition) is 1. The third-order valence-electron chi connectivity index (χ3n) is 4.46. The van der Waals surface area contributed by atoms with Gasteiger partial charge >= 0.3 is 0 Å². The van der Waals surface area contributed by atoms with E-state index in [0.717, 1.165) is 31.2 Å². The maximum atomic E-state index is 13.1. The van der Waals surface area contributed by atoms with Crippen LogP contribution in [0.15, 0.2) is 34.9 Å². The summed E-state index contributed by atoms with van der Waals surface area (Å²) in [5.41, 5.74) is 1.65. The second-order valence-corrected chi connectivity index (χ2v) is 6.01. The molecule has 1 N–H and O–H groups in total. The predicted molar refractivity (Wildman–Crippen MR) is 80.1 cm³/mol. The molecule has 1 fully saturated rings. The highest BCUT2D eigenvalue weighted by atomic mass is 19.1. The summed E-state index contributed by atoms with van der Waals surface area (Å²) in [6.45, 7) is 2.30. The van der Waals surface area contributed by atoms with Crippen LogP contribution >= 0.6 is 0 Å². The molecule has 22 heavy (non-hydrogen) atoms. The van der Waals surface area contributed by atoms with Crippen LogP contribution in [0.1, 0.15) is 47.5 Å². The van der Waals surface area contributed by atoms with Gasteiger partial charge in [-0.1, -0.05) is 30.1 Å². The van der Waals surface area contributed by atoms with Crippen molar-refractivity contribution in [3.05, 3.63) is 53.2 Å². The van der Waals surface area contributed by atoms with Gasteiger partial charge in [-0.3, -0.25) is 4.79 Å². The van der Waals surface area contributed by atoms with Gasteiger partial charge < -0.3 is 9.84 Å². The minimum atomic E-state index is -0.256. The summed E-state index contributed by atoms with van der Waals surface area (Å²) in [7, 11) is 0.